The van der Waals surface area contributed by atoms with Crippen LogP contribution in [-0.2, 0) is 4.79 Å². The molecule has 3 unspecified atom stereocenters. The third kappa shape index (κ3) is 2.47. The van der Waals surface area contributed by atoms with Crippen LogP contribution in [0.15, 0.2) is 0 Å². The highest BCUT2D eigenvalue weighted by molar-refractivity contribution is 5.78. The van der Waals surface area contributed by atoms with E-state index in [0.29, 0.717) is 11.9 Å². The lowest BCUT2D eigenvalue weighted by Gasteiger charge is -2.37. The summed E-state index contributed by atoms with van der Waals surface area (Å²) in [5.41, 5.74) is 5.86. The Balaban J connectivity index is 2.55. The molecule has 1 heterocycles. The highest BCUT2D eigenvalue weighted by Gasteiger charge is 2.28. The summed E-state index contributed by atoms with van der Waals surface area (Å²) in [6, 6.07) is 0.603. The van der Waals surface area contributed by atoms with Gasteiger partial charge in [0.25, 0.3) is 0 Å². The topological polar surface area (TPSA) is 46.3 Å². The molecule has 1 rings (SSSR count). The van der Waals surface area contributed by atoms with Gasteiger partial charge >= 0.3 is 0 Å². The van der Waals surface area contributed by atoms with Crippen LogP contribution in [0.1, 0.15) is 40.0 Å². The molecule has 3 nitrogen and oxygen atoms in total. The van der Waals surface area contributed by atoms with Gasteiger partial charge in [-0.05, 0) is 26.2 Å². The average molecular weight is 198 g/mol. The minimum absolute atomic E-state index is 0.159. The van der Waals surface area contributed by atoms with Crippen molar-refractivity contribution in [2.75, 3.05) is 6.54 Å². The quantitative estimate of drug-likeness (QED) is 0.728. The molecule has 0 saturated carbocycles. The van der Waals surface area contributed by atoms with Crippen LogP contribution < -0.4 is 5.73 Å². The largest absolute Gasteiger partial charge is 0.340 e. The minimum Gasteiger partial charge on any atom is -0.340 e. The third-order valence-electron chi connectivity index (χ3n) is 3.23. The van der Waals surface area contributed by atoms with Gasteiger partial charge in [-0.1, -0.05) is 13.8 Å². The summed E-state index contributed by atoms with van der Waals surface area (Å²) in [6.45, 7) is 7.00. The summed E-state index contributed by atoms with van der Waals surface area (Å²) in [4.78, 5) is 13.9. The van der Waals surface area contributed by atoms with Crippen molar-refractivity contribution in [3.8, 4) is 0 Å². The van der Waals surface area contributed by atoms with E-state index in [9.17, 15) is 4.79 Å². The highest BCUT2D eigenvalue weighted by Crippen LogP contribution is 2.19. The first-order valence-electron chi connectivity index (χ1n) is 5.62. The van der Waals surface area contributed by atoms with Crippen LogP contribution in [0.25, 0.3) is 0 Å². The van der Waals surface area contributed by atoms with Crippen molar-refractivity contribution in [3.63, 3.8) is 0 Å². The van der Waals surface area contributed by atoms with Gasteiger partial charge in [-0.3, -0.25) is 4.79 Å². The number of nitrogens with two attached hydrogens (primary N) is 1. The predicted octanol–water partition coefficient (Wildman–Crippen LogP) is 1.37. The van der Waals surface area contributed by atoms with Gasteiger partial charge in [0.05, 0.1) is 0 Å². The molecule has 3 atom stereocenters. The van der Waals surface area contributed by atoms with Gasteiger partial charge in [0, 0.05) is 24.5 Å². The van der Waals surface area contributed by atoms with E-state index >= 15 is 0 Å². The Bertz CT molecular complexity index is 205. The van der Waals surface area contributed by atoms with Crippen molar-refractivity contribution in [3.05, 3.63) is 0 Å². The van der Waals surface area contributed by atoms with Gasteiger partial charge in [-0.25, -0.2) is 0 Å². The molecule has 82 valence electrons. The molecule has 0 bridgehead atoms. The number of carbonyl (C=O) groups is 1. The fourth-order valence-corrected chi connectivity index (χ4v) is 1.99. The molecule has 0 aromatic carbocycles. The van der Waals surface area contributed by atoms with Gasteiger partial charge in [-0.2, -0.15) is 0 Å². The lowest BCUT2D eigenvalue weighted by atomic mass is 9.96. The summed E-state index contributed by atoms with van der Waals surface area (Å²) in [6.07, 6.45) is 2.82. The third-order valence-corrected chi connectivity index (χ3v) is 3.23. The van der Waals surface area contributed by atoms with Crippen LogP contribution in [0.2, 0.25) is 0 Å². The summed E-state index contributed by atoms with van der Waals surface area (Å²) < 4.78 is 0. The average Bonchev–Trinajstić information content (AvgIpc) is 2.15. The van der Waals surface area contributed by atoms with E-state index in [0.717, 1.165) is 25.8 Å². The van der Waals surface area contributed by atoms with E-state index in [1.807, 2.05) is 11.8 Å². The first-order chi connectivity index (χ1) is 6.56. The summed E-state index contributed by atoms with van der Waals surface area (Å²) >= 11 is 0. The second-order valence-electron chi connectivity index (χ2n) is 4.47. The molecule has 0 spiro atoms. The number of nitrogens with zero attached hydrogens (tertiary/aromatic N) is 1. The molecular weight excluding hydrogens is 176 g/mol. The van der Waals surface area contributed by atoms with Gasteiger partial charge in [0.15, 0.2) is 0 Å². The standard InChI is InChI=1S/C11H22N2O/c1-4-8(2)11(14)13-6-5-10(12)7-9(13)3/h8-10H,4-7,12H2,1-3H3. The molecule has 0 aromatic rings. The molecule has 14 heavy (non-hydrogen) atoms. The zero-order valence-electron chi connectivity index (χ0n) is 9.49. The van der Waals surface area contributed by atoms with Gasteiger partial charge in [0.1, 0.15) is 0 Å². The second-order valence-corrected chi connectivity index (χ2v) is 4.47. The van der Waals surface area contributed by atoms with Crippen LogP contribution in [0.4, 0.5) is 0 Å². The number of likely N-dealkylation sites (tertiary alicyclic amines) is 1. The monoisotopic (exact) mass is 198 g/mol. The number of hydrogen-bond acceptors (Lipinski definition) is 2. The normalized spacial score (nSPS) is 30.1. The molecule has 1 fully saturated rings. The molecular formula is C11H22N2O. The number of hydrogen-bond donors (Lipinski definition) is 1. The molecule has 1 amide bonds. The van der Waals surface area contributed by atoms with Crippen LogP contribution in [0, 0.1) is 5.92 Å². The fourth-order valence-electron chi connectivity index (χ4n) is 1.99. The van der Waals surface area contributed by atoms with Crippen molar-refractivity contribution in [1.29, 1.82) is 0 Å². The molecule has 1 aliphatic heterocycles. The zero-order valence-corrected chi connectivity index (χ0v) is 9.49. The van der Waals surface area contributed by atoms with Crippen molar-refractivity contribution < 1.29 is 4.79 Å². The number of carbonyl (C=O) groups excluding carboxylic acids is 1. The molecule has 0 aromatic heterocycles. The van der Waals surface area contributed by atoms with Crippen molar-refractivity contribution in [2.24, 2.45) is 11.7 Å². The molecule has 1 saturated heterocycles. The zero-order chi connectivity index (χ0) is 10.7. The first kappa shape index (κ1) is 11.5. The van der Waals surface area contributed by atoms with Crippen LogP contribution in [0.5, 0.6) is 0 Å². The SMILES string of the molecule is CCC(C)C(=O)N1CCC(N)CC1C. The van der Waals surface area contributed by atoms with Gasteiger partial charge in [0.2, 0.25) is 5.91 Å². The Morgan fingerprint density at radius 2 is 2.29 bits per heavy atom. The summed E-state index contributed by atoms with van der Waals surface area (Å²) in [5.74, 6) is 0.457. The molecule has 2 N–H and O–H groups in total. The maximum Gasteiger partial charge on any atom is 0.225 e. The van der Waals surface area contributed by atoms with E-state index in [2.05, 4.69) is 13.8 Å². The lowest BCUT2D eigenvalue weighted by Crippen LogP contribution is -2.49. The Hall–Kier alpha value is -0.570. The molecule has 0 aliphatic carbocycles. The summed E-state index contributed by atoms with van der Waals surface area (Å²) in [5, 5.41) is 0. The Labute approximate surface area is 86.6 Å². The van der Waals surface area contributed by atoms with E-state index in [-0.39, 0.29) is 12.0 Å². The van der Waals surface area contributed by atoms with E-state index < -0.39 is 0 Å². The maximum absolute atomic E-state index is 11.9. The van der Waals surface area contributed by atoms with Gasteiger partial charge < -0.3 is 10.6 Å². The van der Waals surface area contributed by atoms with E-state index in [4.69, 9.17) is 5.73 Å². The second kappa shape index (κ2) is 4.78. The molecule has 0 radical (unpaired) electrons. The smallest absolute Gasteiger partial charge is 0.225 e. The van der Waals surface area contributed by atoms with Gasteiger partial charge in [-0.15, -0.1) is 0 Å². The van der Waals surface area contributed by atoms with E-state index in [1.54, 1.807) is 0 Å². The van der Waals surface area contributed by atoms with Crippen LogP contribution >= 0.6 is 0 Å². The number of piperidine rings is 1. The maximum atomic E-state index is 11.9. The van der Waals surface area contributed by atoms with Crippen molar-refractivity contribution >= 4 is 5.91 Å². The predicted molar refractivity (Wildman–Crippen MR) is 57.8 cm³/mol. The Morgan fingerprint density at radius 3 is 2.79 bits per heavy atom. The van der Waals surface area contributed by atoms with Crippen molar-refractivity contribution in [2.45, 2.75) is 52.1 Å². The van der Waals surface area contributed by atoms with Crippen LogP contribution in [-0.4, -0.2) is 29.4 Å². The number of amides is 1. The molecule has 1 aliphatic rings. The summed E-state index contributed by atoms with van der Waals surface area (Å²) in [7, 11) is 0. The lowest BCUT2D eigenvalue weighted by molar-refractivity contribution is -0.138. The Morgan fingerprint density at radius 1 is 1.64 bits per heavy atom. The van der Waals surface area contributed by atoms with Crippen LogP contribution in [0.3, 0.4) is 0 Å². The number of rotatable bonds is 2. The molecule has 3 heteroatoms. The van der Waals surface area contributed by atoms with Crippen molar-refractivity contribution in [1.82, 2.24) is 4.90 Å². The van der Waals surface area contributed by atoms with E-state index in [1.165, 1.54) is 0 Å². The highest BCUT2D eigenvalue weighted by atomic mass is 16.2. The first-order valence-corrected chi connectivity index (χ1v) is 5.62. The minimum atomic E-state index is 0.159. The Kier molecular flexibility index (Phi) is 3.93. The fraction of sp³-hybridized carbons (Fsp3) is 0.909.